The minimum atomic E-state index is -5.12. The van der Waals surface area contributed by atoms with Crippen LogP contribution in [0.3, 0.4) is 0 Å². The van der Waals surface area contributed by atoms with Crippen LogP contribution in [0.25, 0.3) is 10.4 Å². The quantitative estimate of drug-likeness (QED) is 0.835. The monoisotopic (exact) mass is 333 g/mol. The molecule has 3 nitrogen and oxygen atoms in total. The van der Waals surface area contributed by atoms with Crippen LogP contribution < -0.4 is 0 Å². The summed E-state index contributed by atoms with van der Waals surface area (Å²) in [6.07, 6.45) is -4.10. The lowest BCUT2D eigenvalue weighted by Gasteiger charge is -2.06. The molecule has 2 aromatic rings. The van der Waals surface area contributed by atoms with Gasteiger partial charge < -0.3 is 0 Å². The van der Waals surface area contributed by atoms with Gasteiger partial charge in [-0.15, -0.1) is 15.7 Å². The fraction of sp³-hybridized carbons (Fsp3) is 0.154. The minimum absolute atomic E-state index is 0.0837. The van der Waals surface area contributed by atoms with Gasteiger partial charge in [-0.1, -0.05) is 18.2 Å². The molecule has 2 rings (SSSR count). The van der Waals surface area contributed by atoms with Crippen LogP contribution in [0.4, 0.5) is 13.2 Å². The molecule has 0 aliphatic carbocycles. The summed E-state index contributed by atoms with van der Waals surface area (Å²) in [5.74, 6) is -2.34. The van der Waals surface area contributed by atoms with Crippen molar-refractivity contribution in [2.75, 3.05) is 6.26 Å². The molecule has 0 radical (unpaired) electrons. The first kappa shape index (κ1) is 15.7. The number of amides is 1. The normalized spacial score (nSPS) is 14.5. The first-order valence-corrected chi connectivity index (χ1v) is 8.48. The highest BCUT2D eigenvalue weighted by Crippen LogP contribution is 2.26. The van der Waals surface area contributed by atoms with Crippen molar-refractivity contribution in [3.8, 4) is 10.4 Å². The lowest BCUT2D eigenvalue weighted by molar-refractivity contribution is -0.169. The molecule has 1 aromatic carbocycles. The molecule has 0 N–H and O–H groups in total. The third-order valence-corrected chi connectivity index (χ3v) is 5.18. The van der Waals surface area contributed by atoms with Crippen molar-refractivity contribution in [2.45, 2.75) is 11.1 Å². The lowest BCUT2D eigenvalue weighted by atomic mass is 10.2. The molecule has 0 aliphatic rings. The van der Waals surface area contributed by atoms with Gasteiger partial charge in [0, 0.05) is 16.0 Å². The van der Waals surface area contributed by atoms with Crippen molar-refractivity contribution in [2.24, 2.45) is 4.36 Å². The molecule has 1 aromatic heterocycles. The van der Waals surface area contributed by atoms with Crippen molar-refractivity contribution in [3.05, 3.63) is 41.8 Å². The fourth-order valence-electron chi connectivity index (χ4n) is 1.58. The van der Waals surface area contributed by atoms with Gasteiger partial charge in [-0.25, -0.2) is 4.21 Å². The van der Waals surface area contributed by atoms with Crippen LogP contribution in [0.15, 0.2) is 51.0 Å². The Hall–Kier alpha value is -1.67. The predicted octanol–water partition coefficient (Wildman–Crippen LogP) is 3.96. The summed E-state index contributed by atoms with van der Waals surface area (Å²) < 4.78 is 51.5. The van der Waals surface area contributed by atoms with Gasteiger partial charge in [-0.2, -0.15) is 13.2 Å². The highest BCUT2D eigenvalue weighted by Gasteiger charge is 2.39. The Morgan fingerprint density at radius 1 is 1.19 bits per heavy atom. The molecule has 0 saturated heterocycles. The Bertz CT molecular complexity index is 756. The summed E-state index contributed by atoms with van der Waals surface area (Å²) in [6.45, 7) is 0. The molecule has 0 bridgehead atoms. The predicted molar refractivity (Wildman–Crippen MR) is 75.6 cm³/mol. The number of hydrogen-bond donors (Lipinski definition) is 0. The van der Waals surface area contributed by atoms with Gasteiger partial charge in [0.25, 0.3) is 0 Å². The maximum absolute atomic E-state index is 12.2. The minimum Gasteiger partial charge on any atom is -0.261 e. The van der Waals surface area contributed by atoms with Gasteiger partial charge in [-0.05, 0) is 29.1 Å². The molecule has 1 unspecified atom stereocenters. The molecule has 21 heavy (non-hydrogen) atoms. The number of carbonyl (C=O) groups is 1. The summed E-state index contributed by atoms with van der Waals surface area (Å²) in [5.41, 5.74) is 0.853. The number of halogens is 3. The van der Waals surface area contributed by atoms with Crippen LogP contribution in [-0.2, 0) is 14.5 Å². The average molecular weight is 333 g/mol. The van der Waals surface area contributed by atoms with Gasteiger partial charge in [0.05, 0.1) is 9.73 Å². The Morgan fingerprint density at radius 3 is 2.29 bits per heavy atom. The first-order chi connectivity index (χ1) is 9.70. The summed E-state index contributed by atoms with van der Waals surface area (Å²) in [6, 6.07) is 9.87. The third-order valence-electron chi connectivity index (χ3n) is 2.60. The maximum atomic E-state index is 12.2. The van der Waals surface area contributed by atoms with Gasteiger partial charge >= 0.3 is 12.1 Å². The van der Waals surface area contributed by atoms with Gasteiger partial charge in [-0.3, -0.25) is 4.79 Å². The molecule has 0 fully saturated rings. The van der Waals surface area contributed by atoms with Crippen LogP contribution in [0.5, 0.6) is 0 Å². The van der Waals surface area contributed by atoms with E-state index < -0.39 is 21.8 Å². The van der Waals surface area contributed by atoms with E-state index in [2.05, 4.69) is 4.36 Å². The SMILES string of the molecule is CS(=O)(=NC(=O)C(F)(F)F)c1ccc(-c2cccs2)cc1. The van der Waals surface area contributed by atoms with E-state index in [0.717, 1.165) is 16.7 Å². The third kappa shape index (κ3) is 3.70. The highest BCUT2D eigenvalue weighted by molar-refractivity contribution is 7.93. The highest BCUT2D eigenvalue weighted by atomic mass is 32.2. The number of hydrogen-bond acceptors (Lipinski definition) is 3. The molecule has 8 heteroatoms. The summed E-state index contributed by atoms with van der Waals surface area (Å²) >= 11 is 1.51. The number of nitrogens with zero attached hydrogens (tertiary/aromatic N) is 1. The van der Waals surface area contributed by atoms with Crippen molar-refractivity contribution in [1.29, 1.82) is 0 Å². The van der Waals surface area contributed by atoms with E-state index in [4.69, 9.17) is 0 Å². The van der Waals surface area contributed by atoms with Crippen molar-refractivity contribution in [1.82, 2.24) is 0 Å². The average Bonchev–Trinajstić information content (AvgIpc) is 2.91. The van der Waals surface area contributed by atoms with E-state index in [1.165, 1.54) is 23.5 Å². The number of thiophene rings is 1. The molecular formula is C13H10F3NO2S2. The Kier molecular flexibility index (Phi) is 4.20. The van der Waals surface area contributed by atoms with E-state index in [-0.39, 0.29) is 4.90 Å². The Balaban J connectivity index is 2.36. The van der Waals surface area contributed by atoms with Gasteiger partial charge in [0.15, 0.2) is 0 Å². The number of benzene rings is 1. The standard InChI is InChI=1S/C13H10F3NO2S2/c1-21(19,17-12(18)13(14,15)16)10-6-4-9(5-7-10)11-3-2-8-20-11/h2-8H,1H3. The number of rotatable bonds is 2. The Labute approximate surface area is 123 Å². The molecule has 1 amide bonds. The maximum Gasteiger partial charge on any atom is 0.474 e. The second-order valence-corrected chi connectivity index (χ2v) is 7.41. The summed E-state index contributed by atoms with van der Waals surface area (Å²) in [4.78, 5) is 11.9. The number of alkyl halides is 3. The van der Waals surface area contributed by atoms with Crippen molar-refractivity contribution < 1.29 is 22.2 Å². The number of carbonyl (C=O) groups excluding carboxylic acids is 1. The molecular weight excluding hydrogens is 323 g/mol. The fourth-order valence-corrected chi connectivity index (χ4v) is 3.48. The zero-order valence-electron chi connectivity index (χ0n) is 10.8. The van der Waals surface area contributed by atoms with E-state index in [1.54, 1.807) is 12.1 Å². The van der Waals surface area contributed by atoms with E-state index >= 15 is 0 Å². The van der Waals surface area contributed by atoms with Crippen LogP contribution in [0.1, 0.15) is 0 Å². The molecule has 1 heterocycles. The molecule has 0 spiro atoms. The van der Waals surface area contributed by atoms with Gasteiger partial charge in [0.2, 0.25) is 0 Å². The zero-order valence-corrected chi connectivity index (χ0v) is 12.4. The second-order valence-electron chi connectivity index (χ2n) is 4.20. The van der Waals surface area contributed by atoms with Crippen LogP contribution in [0, 0.1) is 0 Å². The van der Waals surface area contributed by atoms with Crippen LogP contribution in [0.2, 0.25) is 0 Å². The zero-order chi connectivity index (χ0) is 15.7. The first-order valence-electron chi connectivity index (χ1n) is 5.67. The van der Waals surface area contributed by atoms with Crippen molar-refractivity contribution in [3.63, 3.8) is 0 Å². The van der Waals surface area contributed by atoms with Gasteiger partial charge in [0.1, 0.15) is 0 Å². The topological polar surface area (TPSA) is 46.5 Å². The Morgan fingerprint density at radius 2 is 1.81 bits per heavy atom. The summed E-state index contributed by atoms with van der Waals surface area (Å²) in [7, 11) is -3.42. The smallest absolute Gasteiger partial charge is 0.261 e. The largest absolute Gasteiger partial charge is 0.474 e. The van der Waals surface area contributed by atoms with Crippen molar-refractivity contribution >= 4 is 27.0 Å². The van der Waals surface area contributed by atoms with E-state index in [9.17, 15) is 22.2 Å². The second kappa shape index (κ2) is 5.61. The van der Waals surface area contributed by atoms with Crippen LogP contribution >= 0.6 is 11.3 Å². The molecule has 0 aliphatic heterocycles. The van der Waals surface area contributed by atoms with Crippen LogP contribution in [-0.4, -0.2) is 22.5 Å². The van der Waals surface area contributed by atoms with E-state index in [0.29, 0.717) is 0 Å². The van der Waals surface area contributed by atoms with E-state index in [1.807, 2.05) is 17.5 Å². The molecule has 0 saturated carbocycles. The molecule has 112 valence electrons. The lowest BCUT2D eigenvalue weighted by Crippen LogP contribution is -2.21. The molecule has 1 atom stereocenters. The summed E-state index contributed by atoms with van der Waals surface area (Å²) in [5, 5.41) is 1.89.